The lowest BCUT2D eigenvalue weighted by molar-refractivity contribution is -0.119. The molecule has 2 fully saturated rings. The van der Waals surface area contributed by atoms with Crippen molar-refractivity contribution < 1.29 is 26.8 Å². The number of aryl methyl sites for hydroxylation is 1. The zero-order valence-electron chi connectivity index (χ0n) is 23.4. The lowest BCUT2D eigenvalue weighted by atomic mass is 9.89. The molecule has 1 unspecified atom stereocenters. The standard InChI is InChI=1S/C30H33F2N5O4S/c1-19-15-24(32)7-8-27(19)35-28-16-29(42(40,41)37-14-11-25(18-37)34-20(2)38)33-17-26(28)30(39)36-12-9-22(10-13-36)21-3-5-23(31)6-4-21/h3-8,15-17,22,25H,9-14,18H2,1-2H3,(H,33,35)(H,34,38). The minimum atomic E-state index is -4.03. The molecular formula is C30H33F2N5O4S. The minimum Gasteiger partial charge on any atom is -0.355 e. The van der Waals surface area contributed by atoms with E-state index in [1.165, 1.54) is 53.8 Å². The fourth-order valence-corrected chi connectivity index (χ4v) is 7.01. The third-order valence-corrected chi connectivity index (χ3v) is 9.62. The predicted octanol–water partition coefficient (Wildman–Crippen LogP) is 4.33. The molecule has 3 aromatic rings. The number of nitrogens with one attached hydrogen (secondary N) is 2. The summed E-state index contributed by atoms with van der Waals surface area (Å²) >= 11 is 0. The Bertz CT molecular complexity index is 1590. The van der Waals surface area contributed by atoms with Crippen molar-refractivity contribution in [2.75, 3.05) is 31.5 Å². The summed E-state index contributed by atoms with van der Waals surface area (Å²) in [6.07, 6.45) is 3.13. The molecule has 222 valence electrons. The molecule has 0 spiro atoms. The number of piperidine rings is 1. The van der Waals surface area contributed by atoms with Crippen molar-refractivity contribution >= 4 is 33.2 Å². The van der Waals surface area contributed by atoms with Gasteiger partial charge >= 0.3 is 0 Å². The van der Waals surface area contributed by atoms with Crippen LogP contribution in [0.5, 0.6) is 0 Å². The molecule has 0 aliphatic carbocycles. The number of likely N-dealkylation sites (tertiary alicyclic amines) is 1. The molecular weight excluding hydrogens is 564 g/mol. The summed E-state index contributed by atoms with van der Waals surface area (Å²) < 4.78 is 55.4. The Balaban J connectivity index is 1.41. The second kappa shape index (κ2) is 12.1. The predicted molar refractivity (Wildman–Crippen MR) is 154 cm³/mol. The second-order valence-electron chi connectivity index (χ2n) is 10.8. The van der Waals surface area contributed by atoms with Crippen molar-refractivity contribution in [2.24, 2.45) is 0 Å². The summed E-state index contributed by atoms with van der Waals surface area (Å²) in [6, 6.07) is 11.6. The van der Waals surface area contributed by atoms with Crippen LogP contribution in [0.4, 0.5) is 20.2 Å². The molecule has 1 aromatic heterocycles. The summed E-state index contributed by atoms with van der Waals surface area (Å²) in [6.45, 7) is 4.36. The Labute approximate surface area is 244 Å². The summed E-state index contributed by atoms with van der Waals surface area (Å²) in [7, 11) is -4.03. The molecule has 0 bridgehead atoms. The number of hydrogen-bond donors (Lipinski definition) is 2. The number of hydrogen-bond acceptors (Lipinski definition) is 6. The van der Waals surface area contributed by atoms with E-state index in [-0.39, 0.29) is 59.0 Å². The van der Waals surface area contributed by atoms with Gasteiger partial charge in [0.25, 0.3) is 15.9 Å². The van der Waals surface area contributed by atoms with Crippen LogP contribution in [0, 0.1) is 18.6 Å². The summed E-state index contributed by atoms with van der Waals surface area (Å²) in [5.74, 6) is -1.06. The number of pyridine rings is 1. The molecule has 2 aliphatic heterocycles. The Kier molecular flexibility index (Phi) is 8.55. The number of aromatic nitrogens is 1. The molecule has 5 rings (SSSR count). The van der Waals surface area contributed by atoms with Crippen LogP contribution >= 0.6 is 0 Å². The Morgan fingerprint density at radius 2 is 1.62 bits per heavy atom. The molecule has 2 N–H and O–H groups in total. The lowest BCUT2D eigenvalue weighted by Crippen LogP contribution is -2.38. The zero-order chi connectivity index (χ0) is 30.0. The number of anilines is 2. The molecule has 2 aliphatic rings. The van der Waals surface area contributed by atoms with Crippen molar-refractivity contribution in [2.45, 2.75) is 50.1 Å². The van der Waals surface area contributed by atoms with E-state index < -0.39 is 15.8 Å². The van der Waals surface area contributed by atoms with Crippen LogP contribution in [0.3, 0.4) is 0 Å². The van der Waals surface area contributed by atoms with Gasteiger partial charge in [0.2, 0.25) is 5.91 Å². The van der Waals surface area contributed by atoms with E-state index in [1.807, 2.05) is 0 Å². The maximum atomic E-state index is 13.8. The quantitative estimate of drug-likeness (QED) is 0.420. The van der Waals surface area contributed by atoms with Crippen molar-refractivity contribution in [1.82, 2.24) is 19.5 Å². The van der Waals surface area contributed by atoms with Gasteiger partial charge in [-0.05, 0) is 73.6 Å². The van der Waals surface area contributed by atoms with Gasteiger partial charge in [-0.25, -0.2) is 22.2 Å². The Hall–Kier alpha value is -3.90. The second-order valence-corrected chi connectivity index (χ2v) is 12.7. The van der Waals surface area contributed by atoms with Crippen LogP contribution < -0.4 is 10.6 Å². The molecule has 42 heavy (non-hydrogen) atoms. The third-order valence-electron chi connectivity index (χ3n) is 7.85. The van der Waals surface area contributed by atoms with Crippen LogP contribution in [-0.2, 0) is 14.8 Å². The van der Waals surface area contributed by atoms with E-state index in [1.54, 1.807) is 24.0 Å². The highest BCUT2D eigenvalue weighted by molar-refractivity contribution is 7.89. The van der Waals surface area contributed by atoms with E-state index in [0.29, 0.717) is 43.6 Å². The highest BCUT2D eigenvalue weighted by Crippen LogP contribution is 2.32. The Morgan fingerprint density at radius 3 is 2.29 bits per heavy atom. The van der Waals surface area contributed by atoms with E-state index in [0.717, 1.165) is 5.56 Å². The third kappa shape index (κ3) is 6.44. The number of nitrogens with zero attached hydrogens (tertiary/aromatic N) is 3. The maximum absolute atomic E-state index is 13.8. The topological polar surface area (TPSA) is 112 Å². The van der Waals surface area contributed by atoms with Gasteiger partial charge in [-0.2, -0.15) is 4.31 Å². The first-order chi connectivity index (χ1) is 20.0. The normalized spacial score (nSPS) is 18.2. The van der Waals surface area contributed by atoms with Gasteiger partial charge in [-0.3, -0.25) is 9.59 Å². The van der Waals surface area contributed by atoms with Gasteiger partial charge in [-0.15, -0.1) is 0 Å². The number of benzene rings is 2. The largest absolute Gasteiger partial charge is 0.355 e. The molecule has 3 heterocycles. The molecule has 12 heteroatoms. The molecule has 2 amide bonds. The summed E-state index contributed by atoms with van der Waals surface area (Å²) in [5, 5.41) is 5.65. The first-order valence-electron chi connectivity index (χ1n) is 13.9. The minimum absolute atomic E-state index is 0.118. The molecule has 0 radical (unpaired) electrons. The van der Waals surface area contributed by atoms with Crippen molar-refractivity contribution in [3.8, 4) is 0 Å². The molecule has 0 saturated carbocycles. The average molecular weight is 598 g/mol. The lowest BCUT2D eigenvalue weighted by Gasteiger charge is -2.32. The van der Waals surface area contributed by atoms with Crippen LogP contribution in [0.25, 0.3) is 0 Å². The van der Waals surface area contributed by atoms with Crippen LogP contribution in [0.2, 0.25) is 0 Å². The number of halogens is 2. The fourth-order valence-electron chi connectivity index (χ4n) is 5.57. The highest BCUT2D eigenvalue weighted by atomic mass is 32.2. The monoisotopic (exact) mass is 597 g/mol. The first-order valence-corrected chi connectivity index (χ1v) is 15.3. The molecule has 2 saturated heterocycles. The maximum Gasteiger partial charge on any atom is 0.260 e. The number of carbonyl (C=O) groups is 2. The van der Waals surface area contributed by atoms with E-state index in [9.17, 15) is 26.8 Å². The Morgan fingerprint density at radius 1 is 0.929 bits per heavy atom. The van der Waals surface area contributed by atoms with Gasteiger partial charge in [0.15, 0.2) is 5.03 Å². The summed E-state index contributed by atoms with van der Waals surface area (Å²) in [5.41, 5.74) is 2.54. The van der Waals surface area contributed by atoms with Gasteiger partial charge in [0.05, 0.1) is 11.3 Å². The fraction of sp³-hybridized carbons (Fsp3) is 0.367. The van der Waals surface area contributed by atoms with E-state index in [2.05, 4.69) is 15.6 Å². The van der Waals surface area contributed by atoms with Crippen molar-refractivity contribution in [1.29, 1.82) is 0 Å². The summed E-state index contributed by atoms with van der Waals surface area (Å²) in [4.78, 5) is 31.1. The van der Waals surface area contributed by atoms with Gasteiger partial charge in [-0.1, -0.05) is 12.1 Å². The van der Waals surface area contributed by atoms with E-state index in [4.69, 9.17) is 0 Å². The van der Waals surface area contributed by atoms with Crippen molar-refractivity contribution in [3.05, 3.63) is 83.1 Å². The first kappa shape index (κ1) is 29.6. The molecule has 9 nitrogen and oxygen atoms in total. The van der Waals surface area contributed by atoms with Gasteiger partial charge < -0.3 is 15.5 Å². The zero-order valence-corrected chi connectivity index (χ0v) is 24.3. The van der Waals surface area contributed by atoms with Crippen LogP contribution in [-0.4, -0.2) is 66.6 Å². The van der Waals surface area contributed by atoms with Crippen LogP contribution in [0.15, 0.2) is 59.8 Å². The average Bonchev–Trinajstić information content (AvgIpc) is 3.43. The number of amides is 2. The number of carbonyl (C=O) groups excluding carboxylic acids is 2. The molecule has 2 aromatic carbocycles. The smallest absolute Gasteiger partial charge is 0.260 e. The number of rotatable bonds is 7. The highest BCUT2D eigenvalue weighted by Gasteiger charge is 2.35. The van der Waals surface area contributed by atoms with E-state index >= 15 is 0 Å². The SMILES string of the molecule is CC(=O)NC1CCN(S(=O)(=O)c2cc(Nc3ccc(F)cc3C)c(C(=O)N3CCC(c4ccc(F)cc4)CC3)cn2)C1. The van der Waals surface area contributed by atoms with Gasteiger partial charge in [0.1, 0.15) is 11.6 Å². The molecule has 1 atom stereocenters. The van der Waals surface area contributed by atoms with Crippen LogP contribution in [0.1, 0.15) is 53.6 Å². The van der Waals surface area contributed by atoms with Gasteiger partial charge in [0, 0.05) is 57.1 Å². The number of sulfonamides is 1. The van der Waals surface area contributed by atoms with Crippen molar-refractivity contribution in [3.63, 3.8) is 0 Å².